The van der Waals surface area contributed by atoms with Gasteiger partial charge in [0.25, 0.3) is 5.91 Å². The minimum absolute atomic E-state index is 0.245. The summed E-state index contributed by atoms with van der Waals surface area (Å²) in [5, 5.41) is 2.85. The van der Waals surface area contributed by atoms with Crippen LogP contribution in [-0.2, 0) is 10.0 Å². The molecular weight excluding hydrogens is 352 g/mol. The molecular formula is C18H24N4O3S. The zero-order chi connectivity index (χ0) is 19.3. The van der Waals surface area contributed by atoms with Crippen LogP contribution < -0.4 is 5.32 Å². The van der Waals surface area contributed by atoms with Crippen LogP contribution in [0.15, 0.2) is 41.4 Å². The molecule has 1 atom stereocenters. The zero-order valence-electron chi connectivity index (χ0n) is 15.4. The Kier molecular flexibility index (Phi) is 6.44. The molecule has 140 valence electrons. The van der Waals surface area contributed by atoms with Crippen LogP contribution >= 0.6 is 0 Å². The van der Waals surface area contributed by atoms with E-state index in [1.807, 2.05) is 20.8 Å². The van der Waals surface area contributed by atoms with Gasteiger partial charge in [-0.05, 0) is 37.6 Å². The Morgan fingerprint density at radius 2 is 1.77 bits per heavy atom. The maximum Gasteiger partial charge on any atom is 0.270 e. The molecule has 1 unspecified atom stereocenters. The molecule has 26 heavy (non-hydrogen) atoms. The molecule has 1 amide bonds. The monoisotopic (exact) mass is 376 g/mol. The van der Waals surface area contributed by atoms with Crippen molar-refractivity contribution < 1.29 is 13.2 Å². The van der Waals surface area contributed by atoms with Gasteiger partial charge in [-0.15, -0.1) is 0 Å². The van der Waals surface area contributed by atoms with Crippen LogP contribution in [0.5, 0.6) is 0 Å². The second-order valence-electron chi connectivity index (χ2n) is 5.84. The Hall–Kier alpha value is -2.32. The van der Waals surface area contributed by atoms with Gasteiger partial charge in [0, 0.05) is 19.3 Å². The minimum Gasteiger partial charge on any atom is -0.344 e. The molecule has 1 aromatic carbocycles. The molecule has 2 aromatic rings. The average molecular weight is 376 g/mol. The van der Waals surface area contributed by atoms with E-state index in [-0.39, 0.29) is 16.8 Å². The van der Waals surface area contributed by atoms with Crippen molar-refractivity contribution >= 4 is 15.9 Å². The molecule has 2 rings (SSSR count). The van der Waals surface area contributed by atoms with Crippen LogP contribution in [0.3, 0.4) is 0 Å². The number of benzene rings is 1. The number of hydrogen-bond donors (Lipinski definition) is 1. The van der Waals surface area contributed by atoms with Gasteiger partial charge in [-0.1, -0.05) is 26.0 Å². The fraction of sp³-hybridized carbons (Fsp3) is 0.389. The Morgan fingerprint density at radius 1 is 1.15 bits per heavy atom. The van der Waals surface area contributed by atoms with E-state index in [4.69, 9.17) is 0 Å². The third-order valence-corrected chi connectivity index (χ3v) is 6.14. The number of aryl methyl sites for hydroxylation is 1. The molecule has 0 saturated heterocycles. The van der Waals surface area contributed by atoms with E-state index in [2.05, 4.69) is 15.3 Å². The van der Waals surface area contributed by atoms with Crippen molar-refractivity contribution in [2.45, 2.75) is 38.6 Å². The number of aromatic nitrogens is 2. The molecule has 0 spiro atoms. The maximum absolute atomic E-state index is 12.5. The third kappa shape index (κ3) is 4.44. The SMILES string of the molecule is CCN(CC)S(=O)(=O)c1ccc(C(C)NC(=O)c2ccnc(C)n2)cc1. The topological polar surface area (TPSA) is 92.3 Å². The second kappa shape index (κ2) is 8.37. The summed E-state index contributed by atoms with van der Waals surface area (Å²) in [4.78, 5) is 20.6. The Labute approximate surface area is 154 Å². The second-order valence-corrected chi connectivity index (χ2v) is 7.78. The fourth-order valence-electron chi connectivity index (χ4n) is 2.58. The maximum atomic E-state index is 12.5. The molecule has 8 heteroatoms. The predicted octanol–water partition coefficient (Wildman–Crippen LogP) is 2.31. The largest absolute Gasteiger partial charge is 0.344 e. The number of sulfonamides is 1. The smallest absolute Gasteiger partial charge is 0.270 e. The van der Waals surface area contributed by atoms with Gasteiger partial charge in [-0.3, -0.25) is 4.79 Å². The van der Waals surface area contributed by atoms with Crippen LogP contribution in [-0.4, -0.2) is 41.7 Å². The molecule has 1 aromatic heterocycles. The summed E-state index contributed by atoms with van der Waals surface area (Å²) < 4.78 is 26.4. The lowest BCUT2D eigenvalue weighted by Crippen LogP contribution is -2.30. The van der Waals surface area contributed by atoms with Crippen molar-refractivity contribution in [2.75, 3.05) is 13.1 Å². The van der Waals surface area contributed by atoms with E-state index in [0.29, 0.717) is 24.6 Å². The number of nitrogens with one attached hydrogen (secondary N) is 1. The highest BCUT2D eigenvalue weighted by molar-refractivity contribution is 7.89. The van der Waals surface area contributed by atoms with Crippen molar-refractivity contribution in [2.24, 2.45) is 0 Å². The molecule has 1 heterocycles. The van der Waals surface area contributed by atoms with Crippen molar-refractivity contribution in [3.63, 3.8) is 0 Å². The highest BCUT2D eigenvalue weighted by atomic mass is 32.2. The van der Waals surface area contributed by atoms with Gasteiger partial charge < -0.3 is 5.32 Å². The first-order chi connectivity index (χ1) is 12.3. The Morgan fingerprint density at radius 3 is 2.31 bits per heavy atom. The highest BCUT2D eigenvalue weighted by Crippen LogP contribution is 2.19. The lowest BCUT2D eigenvalue weighted by Gasteiger charge is -2.19. The molecule has 7 nitrogen and oxygen atoms in total. The Bertz CT molecular complexity index is 862. The lowest BCUT2D eigenvalue weighted by molar-refractivity contribution is 0.0934. The van der Waals surface area contributed by atoms with E-state index < -0.39 is 10.0 Å². The molecule has 0 saturated carbocycles. The van der Waals surface area contributed by atoms with E-state index in [1.54, 1.807) is 37.3 Å². The molecule has 0 radical (unpaired) electrons. The van der Waals surface area contributed by atoms with Crippen LogP contribution in [0.2, 0.25) is 0 Å². The standard InChI is InChI=1S/C18H24N4O3S/c1-5-22(6-2)26(24,25)16-9-7-15(8-10-16)13(3)20-18(23)17-11-12-19-14(4)21-17/h7-13H,5-6H2,1-4H3,(H,20,23). The van der Waals surface area contributed by atoms with Crippen molar-refractivity contribution in [1.82, 2.24) is 19.6 Å². The first-order valence-corrected chi connectivity index (χ1v) is 9.94. The van der Waals surface area contributed by atoms with Crippen molar-refractivity contribution in [3.8, 4) is 0 Å². The van der Waals surface area contributed by atoms with E-state index in [1.165, 1.54) is 10.5 Å². The average Bonchev–Trinajstić information content (AvgIpc) is 2.62. The van der Waals surface area contributed by atoms with Gasteiger partial charge in [0.15, 0.2) is 0 Å². The summed E-state index contributed by atoms with van der Waals surface area (Å²) in [6, 6.07) is 7.83. The van der Waals surface area contributed by atoms with Crippen LogP contribution in [0, 0.1) is 6.92 Å². The van der Waals surface area contributed by atoms with Gasteiger partial charge in [0.1, 0.15) is 11.5 Å². The molecule has 1 N–H and O–H groups in total. The van der Waals surface area contributed by atoms with Crippen molar-refractivity contribution in [3.05, 3.63) is 53.6 Å². The molecule has 0 aliphatic rings. The quantitative estimate of drug-likeness (QED) is 0.800. The van der Waals surface area contributed by atoms with Gasteiger partial charge >= 0.3 is 0 Å². The molecule has 0 aliphatic carbocycles. The number of amides is 1. The fourth-order valence-corrected chi connectivity index (χ4v) is 4.04. The van der Waals surface area contributed by atoms with Crippen LogP contribution in [0.4, 0.5) is 0 Å². The lowest BCUT2D eigenvalue weighted by atomic mass is 10.1. The zero-order valence-corrected chi connectivity index (χ0v) is 16.2. The number of rotatable bonds is 7. The summed E-state index contributed by atoms with van der Waals surface area (Å²) in [6.45, 7) is 8.01. The van der Waals surface area contributed by atoms with Gasteiger partial charge in [-0.2, -0.15) is 4.31 Å². The molecule has 0 aliphatic heterocycles. The van der Waals surface area contributed by atoms with Crippen molar-refractivity contribution in [1.29, 1.82) is 0 Å². The van der Waals surface area contributed by atoms with Crippen LogP contribution in [0.1, 0.15) is 48.7 Å². The first kappa shape index (κ1) is 20.0. The van der Waals surface area contributed by atoms with Gasteiger partial charge in [0.2, 0.25) is 10.0 Å². The molecule has 0 fully saturated rings. The number of nitrogens with zero attached hydrogens (tertiary/aromatic N) is 3. The first-order valence-electron chi connectivity index (χ1n) is 8.50. The third-order valence-electron chi connectivity index (χ3n) is 4.08. The van der Waals surface area contributed by atoms with Crippen LogP contribution in [0.25, 0.3) is 0 Å². The number of carbonyl (C=O) groups excluding carboxylic acids is 1. The summed E-state index contributed by atoms with van der Waals surface area (Å²) >= 11 is 0. The number of hydrogen-bond acceptors (Lipinski definition) is 5. The Balaban J connectivity index is 2.14. The van der Waals surface area contributed by atoms with Gasteiger partial charge in [-0.25, -0.2) is 18.4 Å². The minimum atomic E-state index is -3.49. The van der Waals surface area contributed by atoms with E-state index in [0.717, 1.165) is 5.56 Å². The number of carbonyl (C=O) groups is 1. The normalized spacial score (nSPS) is 12.8. The summed E-state index contributed by atoms with van der Waals surface area (Å²) in [7, 11) is -3.49. The highest BCUT2D eigenvalue weighted by Gasteiger charge is 2.21. The summed E-state index contributed by atoms with van der Waals surface area (Å²) in [5.74, 6) is 0.221. The summed E-state index contributed by atoms with van der Waals surface area (Å²) in [6.07, 6.45) is 1.54. The van der Waals surface area contributed by atoms with E-state index >= 15 is 0 Å². The predicted molar refractivity (Wildman–Crippen MR) is 99.2 cm³/mol. The molecule has 0 bridgehead atoms. The van der Waals surface area contributed by atoms with Gasteiger partial charge in [0.05, 0.1) is 10.9 Å². The van der Waals surface area contributed by atoms with E-state index in [9.17, 15) is 13.2 Å². The summed E-state index contributed by atoms with van der Waals surface area (Å²) in [5.41, 5.74) is 1.10.